The highest BCUT2D eigenvalue weighted by Crippen LogP contribution is 2.46. The Balaban J connectivity index is 1.29. The predicted molar refractivity (Wildman–Crippen MR) is 130 cm³/mol. The highest BCUT2D eigenvalue weighted by atomic mass is 19.4. The summed E-state index contributed by atoms with van der Waals surface area (Å²) >= 11 is 0. The van der Waals surface area contributed by atoms with E-state index in [0.29, 0.717) is 29.9 Å². The van der Waals surface area contributed by atoms with Gasteiger partial charge >= 0.3 is 6.36 Å². The molecule has 12 heteroatoms. The van der Waals surface area contributed by atoms with E-state index in [1.54, 1.807) is 30.3 Å². The van der Waals surface area contributed by atoms with Crippen LogP contribution >= 0.6 is 0 Å². The van der Waals surface area contributed by atoms with Gasteiger partial charge in [0.05, 0.1) is 19.3 Å². The number of oxime groups is 1. The molecule has 3 aromatic rings. The Morgan fingerprint density at radius 3 is 2.53 bits per heavy atom. The van der Waals surface area contributed by atoms with E-state index in [-0.39, 0.29) is 36.2 Å². The summed E-state index contributed by atoms with van der Waals surface area (Å²) in [6.45, 7) is 0.578. The first-order valence-corrected chi connectivity index (χ1v) is 12.2. The van der Waals surface area contributed by atoms with Gasteiger partial charge in [0.1, 0.15) is 23.4 Å². The molecule has 0 amide bonds. The number of anilines is 1. The number of piperidine rings is 1. The summed E-state index contributed by atoms with van der Waals surface area (Å²) < 4.78 is 69.9. The largest absolute Gasteiger partial charge is 0.573 e. The van der Waals surface area contributed by atoms with E-state index in [4.69, 9.17) is 20.2 Å². The lowest BCUT2D eigenvalue weighted by Crippen LogP contribution is -2.45. The molecule has 1 saturated heterocycles. The van der Waals surface area contributed by atoms with Crippen molar-refractivity contribution in [1.82, 2.24) is 5.16 Å². The van der Waals surface area contributed by atoms with Crippen molar-refractivity contribution in [2.24, 2.45) is 10.9 Å². The number of para-hydroxylation sites is 1. The fourth-order valence-electron chi connectivity index (χ4n) is 4.61. The summed E-state index contributed by atoms with van der Waals surface area (Å²) in [5.74, 6) is 0.256. The second-order valence-corrected chi connectivity index (χ2v) is 9.32. The second-order valence-electron chi connectivity index (χ2n) is 9.32. The molecule has 202 valence electrons. The summed E-state index contributed by atoms with van der Waals surface area (Å²) in [6.07, 6.45) is -4.73. The molecule has 38 heavy (non-hydrogen) atoms. The molecule has 2 heterocycles. The molecular formula is C26H26F4N4O4. The molecule has 0 radical (unpaired) electrons. The maximum atomic E-state index is 15.2. The quantitative estimate of drug-likeness (QED) is 0.132. The van der Waals surface area contributed by atoms with Gasteiger partial charge in [-0.1, -0.05) is 22.4 Å². The van der Waals surface area contributed by atoms with Crippen LogP contribution in [0.1, 0.15) is 42.1 Å². The van der Waals surface area contributed by atoms with E-state index in [1.807, 2.05) is 4.90 Å². The monoisotopic (exact) mass is 534 g/mol. The van der Waals surface area contributed by atoms with Gasteiger partial charge in [-0.15, -0.1) is 13.2 Å². The smallest absolute Gasteiger partial charge is 0.409 e. The van der Waals surface area contributed by atoms with Gasteiger partial charge < -0.3 is 29.8 Å². The van der Waals surface area contributed by atoms with E-state index in [1.165, 1.54) is 18.2 Å². The first kappa shape index (κ1) is 25.8. The van der Waals surface area contributed by atoms with Crippen molar-refractivity contribution in [2.75, 3.05) is 18.0 Å². The van der Waals surface area contributed by atoms with Crippen molar-refractivity contribution in [3.05, 3.63) is 65.4 Å². The zero-order chi connectivity index (χ0) is 26.9. The zero-order valence-electron chi connectivity index (χ0n) is 20.2. The highest BCUT2D eigenvalue weighted by molar-refractivity contribution is 5.97. The summed E-state index contributed by atoms with van der Waals surface area (Å²) in [5.41, 5.74) is 7.77. The Bertz CT molecular complexity index is 1290. The van der Waals surface area contributed by atoms with Crippen molar-refractivity contribution in [3.63, 3.8) is 0 Å². The lowest BCUT2D eigenvalue weighted by molar-refractivity contribution is -0.274. The van der Waals surface area contributed by atoms with Crippen molar-refractivity contribution < 1.29 is 36.8 Å². The number of nitrogens with zero attached hydrogens (tertiary/aromatic N) is 3. The Morgan fingerprint density at radius 2 is 1.87 bits per heavy atom. The summed E-state index contributed by atoms with van der Waals surface area (Å²) in [6, 6.07) is 12.6. The van der Waals surface area contributed by atoms with Crippen LogP contribution in [0.25, 0.3) is 11.3 Å². The molecule has 0 spiro atoms. The Kier molecular flexibility index (Phi) is 7.15. The minimum atomic E-state index is -4.87. The molecule has 8 nitrogen and oxygen atoms in total. The SMILES string of the molecule is N/C(=N\O)c1ccc(N2CC[C@H](OCc3c(-c4ccccc4OC(F)(F)F)noc3C3CC3)C(F)C2)cc1. The molecule has 2 aliphatic rings. The fourth-order valence-corrected chi connectivity index (χ4v) is 4.61. The number of benzene rings is 2. The second kappa shape index (κ2) is 10.5. The van der Waals surface area contributed by atoms with Gasteiger partial charge in [-0.25, -0.2) is 4.39 Å². The van der Waals surface area contributed by atoms with Crippen LogP contribution in [0.4, 0.5) is 23.2 Å². The molecule has 1 saturated carbocycles. The third-order valence-electron chi connectivity index (χ3n) is 6.69. The van der Waals surface area contributed by atoms with Crippen molar-refractivity contribution >= 4 is 11.5 Å². The number of rotatable bonds is 8. The predicted octanol–water partition coefficient (Wildman–Crippen LogP) is 5.35. The third-order valence-corrected chi connectivity index (χ3v) is 6.69. The number of amidine groups is 1. The minimum Gasteiger partial charge on any atom is -0.409 e. The molecule has 2 fully saturated rings. The molecular weight excluding hydrogens is 508 g/mol. The molecule has 1 unspecified atom stereocenters. The van der Waals surface area contributed by atoms with Gasteiger partial charge in [0.25, 0.3) is 0 Å². The standard InChI is InChI=1S/C26H26F4N4O4/c27-20-13-34(17-9-7-16(8-10-17)25(31)32-35)12-11-22(20)36-14-19-23(33-38-24(19)15-5-6-15)18-3-1-2-4-21(18)37-26(28,29)30/h1-4,7-10,15,20,22,35H,5-6,11-14H2,(H2,31,32)/t20?,22-/m0/s1. The molecule has 1 aromatic heterocycles. The molecule has 3 N–H and O–H groups in total. The lowest BCUT2D eigenvalue weighted by Gasteiger charge is -2.36. The van der Waals surface area contributed by atoms with Crippen molar-refractivity contribution in [3.8, 4) is 17.0 Å². The molecule has 1 aliphatic carbocycles. The van der Waals surface area contributed by atoms with Crippen LogP contribution in [-0.2, 0) is 11.3 Å². The first-order valence-electron chi connectivity index (χ1n) is 12.2. The van der Waals surface area contributed by atoms with Crippen LogP contribution in [0.5, 0.6) is 5.75 Å². The van der Waals surface area contributed by atoms with Gasteiger partial charge in [-0.3, -0.25) is 0 Å². The van der Waals surface area contributed by atoms with Crippen LogP contribution < -0.4 is 15.4 Å². The van der Waals surface area contributed by atoms with Crippen LogP contribution in [0.2, 0.25) is 0 Å². The average Bonchev–Trinajstić information content (AvgIpc) is 3.66. The minimum absolute atomic E-state index is 0.0155. The number of hydrogen-bond acceptors (Lipinski definition) is 7. The molecule has 1 aliphatic heterocycles. The van der Waals surface area contributed by atoms with E-state index in [0.717, 1.165) is 18.5 Å². The van der Waals surface area contributed by atoms with Crippen LogP contribution in [-0.4, -0.2) is 47.9 Å². The maximum absolute atomic E-state index is 15.2. The highest BCUT2D eigenvalue weighted by Gasteiger charge is 2.37. The summed E-state index contributed by atoms with van der Waals surface area (Å²) in [5, 5.41) is 15.8. The van der Waals surface area contributed by atoms with E-state index in [2.05, 4.69) is 15.0 Å². The van der Waals surface area contributed by atoms with E-state index >= 15 is 4.39 Å². The Morgan fingerprint density at radius 1 is 1.13 bits per heavy atom. The fraction of sp³-hybridized carbons (Fsp3) is 0.385. The van der Waals surface area contributed by atoms with Gasteiger partial charge in [0, 0.05) is 34.8 Å². The molecule has 2 aromatic carbocycles. The number of aromatic nitrogens is 1. The average molecular weight is 535 g/mol. The molecule has 2 atom stereocenters. The number of hydrogen-bond donors (Lipinski definition) is 2. The number of ether oxygens (including phenoxy) is 2. The van der Waals surface area contributed by atoms with Crippen LogP contribution in [0.15, 0.2) is 58.2 Å². The van der Waals surface area contributed by atoms with Crippen molar-refractivity contribution in [1.29, 1.82) is 0 Å². The first-order chi connectivity index (χ1) is 18.2. The van der Waals surface area contributed by atoms with Crippen molar-refractivity contribution in [2.45, 2.75) is 50.4 Å². The molecule has 0 bridgehead atoms. The summed E-state index contributed by atoms with van der Waals surface area (Å²) in [4.78, 5) is 1.88. The lowest BCUT2D eigenvalue weighted by atomic mass is 10.0. The van der Waals surface area contributed by atoms with Gasteiger partial charge in [0.2, 0.25) is 0 Å². The number of halogens is 4. The van der Waals surface area contributed by atoms with Gasteiger partial charge in [-0.05, 0) is 55.7 Å². The van der Waals surface area contributed by atoms with Gasteiger partial charge in [-0.2, -0.15) is 0 Å². The van der Waals surface area contributed by atoms with Crippen LogP contribution in [0, 0.1) is 0 Å². The molecule has 5 rings (SSSR count). The van der Waals surface area contributed by atoms with E-state index < -0.39 is 24.4 Å². The zero-order valence-corrected chi connectivity index (χ0v) is 20.2. The topological polar surface area (TPSA) is 106 Å². The maximum Gasteiger partial charge on any atom is 0.573 e. The van der Waals surface area contributed by atoms with Gasteiger partial charge in [0.15, 0.2) is 5.84 Å². The third kappa shape index (κ3) is 5.69. The normalized spacial score (nSPS) is 20.5. The number of alkyl halides is 4. The Hall–Kier alpha value is -3.80. The van der Waals surface area contributed by atoms with Crippen LogP contribution in [0.3, 0.4) is 0 Å². The van der Waals surface area contributed by atoms with E-state index in [9.17, 15) is 13.2 Å². The summed E-state index contributed by atoms with van der Waals surface area (Å²) in [7, 11) is 0. The Labute approximate surface area is 215 Å². The number of nitrogens with two attached hydrogens (primary N) is 1.